The predicted molar refractivity (Wildman–Crippen MR) is 106 cm³/mol. The van der Waals surface area contributed by atoms with Crippen LogP contribution in [0.1, 0.15) is 44.9 Å². The standard InChI is InChI=1S/C22H34N2O2/c25-20(16-26-21-9-5-2-6-10-21)15-23-13-11-22(17-23)12-14-24(18-22)19-7-3-1-4-8-19/h1,3-4,7-8,20-21,25H,2,5-6,9-18H2/t20-,22?/m1/s1. The number of likely N-dealkylation sites (tertiary alicyclic amines) is 1. The molecule has 4 nitrogen and oxygen atoms in total. The zero-order chi connectivity index (χ0) is 17.8. The van der Waals surface area contributed by atoms with Crippen LogP contribution in [0, 0.1) is 5.41 Å². The minimum Gasteiger partial charge on any atom is -0.389 e. The molecule has 1 aromatic rings. The number of hydrogen-bond donors (Lipinski definition) is 1. The maximum atomic E-state index is 10.4. The molecule has 0 bridgehead atoms. The maximum Gasteiger partial charge on any atom is 0.0900 e. The molecule has 1 spiro atoms. The molecule has 1 aliphatic carbocycles. The van der Waals surface area contributed by atoms with Crippen LogP contribution in [0.15, 0.2) is 30.3 Å². The van der Waals surface area contributed by atoms with Gasteiger partial charge in [0.2, 0.25) is 0 Å². The molecule has 4 rings (SSSR count). The van der Waals surface area contributed by atoms with E-state index in [2.05, 4.69) is 40.1 Å². The summed E-state index contributed by atoms with van der Waals surface area (Å²) in [5.74, 6) is 0. The number of hydrogen-bond acceptors (Lipinski definition) is 4. The minimum atomic E-state index is -0.348. The monoisotopic (exact) mass is 358 g/mol. The molecule has 2 saturated heterocycles. The molecule has 2 aliphatic heterocycles. The molecule has 1 unspecified atom stereocenters. The van der Waals surface area contributed by atoms with Gasteiger partial charge in [0.15, 0.2) is 0 Å². The lowest BCUT2D eigenvalue weighted by Crippen LogP contribution is -2.37. The Hall–Kier alpha value is -1.10. The van der Waals surface area contributed by atoms with Crippen molar-refractivity contribution >= 4 is 5.69 Å². The number of aliphatic hydroxyl groups is 1. The Bertz CT molecular complexity index is 561. The van der Waals surface area contributed by atoms with E-state index >= 15 is 0 Å². The third-order valence-electron chi connectivity index (χ3n) is 6.62. The normalized spacial score (nSPS) is 28.9. The summed E-state index contributed by atoms with van der Waals surface area (Å²) in [5.41, 5.74) is 1.77. The fourth-order valence-electron chi connectivity index (χ4n) is 5.14. The topological polar surface area (TPSA) is 35.9 Å². The fourth-order valence-corrected chi connectivity index (χ4v) is 5.14. The number of benzene rings is 1. The number of β-amino-alcohol motifs (C(OH)–C–C–N with tert-alkyl or cyclic N) is 1. The van der Waals surface area contributed by atoms with Gasteiger partial charge < -0.3 is 19.6 Å². The van der Waals surface area contributed by atoms with Gasteiger partial charge in [0.25, 0.3) is 0 Å². The van der Waals surface area contributed by atoms with Gasteiger partial charge in [-0.3, -0.25) is 0 Å². The summed E-state index contributed by atoms with van der Waals surface area (Å²) in [5, 5.41) is 10.4. The molecule has 1 aromatic carbocycles. The lowest BCUT2D eigenvalue weighted by Gasteiger charge is -2.27. The second kappa shape index (κ2) is 8.28. The van der Waals surface area contributed by atoms with Gasteiger partial charge in [-0.15, -0.1) is 0 Å². The SMILES string of the molecule is O[C@@H](COC1CCCCC1)CN1CCC2(CCN(c3ccccc3)C2)C1. The number of aliphatic hydroxyl groups excluding tert-OH is 1. The van der Waals surface area contributed by atoms with Crippen molar-refractivity contribution in [1.82, 2.24) is 4.90 Å². The molecular formula is C22H34N2O2. The summed E-state index contributed by atoms with van der Waals surface area (Å²) in [6, 6.07) is 10.8. The first-order valence-corrected chi connectivity index (χ1v) is 10.5. The highest BCUT2D eigenvalue weighted by molar-refractivity contribution is 5.47. The van der Waals surface area contributed by atoms with Crippen LogP contribution >= 0.6 is 0 Å². The zero-order valence-corrected chi connectivity index (χ0v) is 16.0. The summed E-state index contributed by atoms with van der Waals surface area (Å²) >= 11 is 0. The average Bonchev–Trinajstić information content (AvgIpc) is 3.28. The molecule has 2 heterocycles. The second-order valence-corrected chi connectivity index (χ2v) is 8.74. The smallest absolute Gasteiger partial charge is 0.0900 e. The Labute approximate surface area is 158 Å². The van der Waals surface area contributed by atoms with E-state index < -0.39 is 0 Å². The van der Waals surface area contributed by atoms with Crippen LogP contribution in [0.2, 0.25) is 0 Å². The first kappa shape index (κ1) is 18.3. The molecule has 144 valence electrons. The summed E-state index contributed by atoms with van der Waals surface area (Å²) in [4.78, 5) is 5.00. The van der Waals surface area contributed by atoms with Gasteiger partial charge in [-0.1, -0.05) is 37.5 Å². The molecule has 1 saturated carbocycles. The lowest BCUT2D eigenvalue weighted by molar-refractivity contribution is -0.0321. The Morgan fingerprint density at radius 3 is 2.62 bits per heavy atom. The van der Waals surface area contributed by atoms with Gasteiger partial charge in [-0.2, -0.15) is 0 Å². The van der Waals surface area contributed by atoms with Crippen molar-refractivity contribution in [2.24, 2.45) is 5.41 Å². The maximum absolute atomic E-state index is 10.4. The largest absolute Gasteiger partial charge is 0.389 e. The van der Waals surface area contributed by atoms with E-state index in [1.807, 2.05) is 0 Å². The Kier molecular flexibility index (Phi) is 5.82. The van der Waals surface area contributed by atoms with Gasteiger partial charge >= 0.3 is 0 Å². The molecule has 2 atom stereocenters. The second-order valence-electron chi connectivity index (χ2n) is 8.74. The molecule has 26 heavy (non-hydrogen) atoms. The van der Waals surface area contributed by atoms with Crippen LogP contribution in [0.5, 0.6) is 0 Å². The number of para-hydroxylation sites is 1. The van der Waals surface area contributed by atoms with Crippen molar-refractivity contribution in [2.45, 2.75) is 57.2 Å². The van der Waals surface area contributed by atoms with Gasteiger partial charge in [0, 0.05) is 37.3 Å². The summed E-state index contributed by atoms with van der Waals surface area (Å²) < 4.78 is 5.96. The molecule has 0 radical (unpaired) electrons. The average molecular weight is 359 g/mol. The summed E-state index contributed by atoms with van der Waals surface area (Å²) in [7, 11) is 0. The van der Waals surface area contributed by atoms with E-state index in [0.717, 1.165) is 32.7 Å². The Balaban J connectivity index is 1.22. The predicted octanol–water partition coefficient (Wildman–Crippen LogP) is 3.30. The highest BCUT2D eigenvalue weighted by Crippen LogP contribution is 2.41. The van der Waals surface area contributed by atoms with Gasteiger partial charge in [0.05, 0.1) is 18.8 Å². The molecule has 0 amide bonds. The van der Waals surface area contributed by atoms with Crippen LogP contribution in [0.4, 0.5) is 5.69 Å². The van der Waals surface area contributed by atoms with E-state index in [-0.39, 0.29) is 6.10 Å². The number of rotatable bonds is 6. The molecule has 0 aromatic heterocycles. The molecular weight excluding hydrogens is 324 g/mol. The quantitative estimate of drug-likeness (QED) is 0.846. The van der Waals surface area contributed by atoms with Crippen LogP contribution in [-0.2, 0) is 4.74 Å². The van der Waals surface area contributed by atoms with Gasteiger partial charge in [-0.05, 0) is 44.4 Å². The molecule has 4 heteroatoms. The van der Waals surface area contributed by atoms with Crippen LogP contribution in [-0.4, -0.2) is 61.5 Å². The first-order chi connectivity index (χ1) is 12.7. The third kappa shape index (κ3) is 4.41. The van der Waals surface area contributed by atoms with Crippen LogP contribution < -0.4 is 4.90 Å². The lowest BCUT2D eigenvalue weighted by atomic mass is 9.86. The number of anilines is 1. The third-order valence-corrected chi connectivity index (χ3v) is 6.62. The highest BCUT2D eigenvalue weighted by Gasteiger charge is 2.43. The van der Waals surface area contributed by atoms with Gasteiger partial charge in [-0.25, -0.2) is 0 Å². The van der Waals surface area contributed by atoms with Crippen molar-refractivity contribution < 1.29 is 9.84 Å². The summed E-state index contributed by atoms with van der Waals surface area (Å²) in [6.45, 7) is 5.82. The van der Waals surface area contributed by atoms with Crippen LogP contribution in [0.25, 0.3) is 0 Å². The first-order valence-electron chi connectivity index (χ1n) is 10.5. The zero-order valence-electron chi connectivity index (χ0n) is 16.0. The summed E-state index contributed by atoms with van der Waals surface area (Å²) in [6.07, 6.45) is 8.83. The van der Waals surface area contributed by atoms with Crippen LogP contribution in [0.3, 0.4) is 0 Å². The van der Waals surface area contributed by atoms with E-state index in [0.29, 0.717) is 18.1 Å². The molecule has 3 aliphatic rings. The van der Waals surface area contributed by atoms with E-state index in [9.17, 15) is 5.11 Å². The van der Waals surface area contributed by atoms with Crippen molar-refractivity contribution in [3.05, 3.63) is 30.3 Å². The van der Waals surface area contributed by atoms with Gasteiger partial charge in [0.1, 0.15) is 0 Å². The number of ether oxygens (including phenoxy) is 1. The molecule has 3 fully saturated rings. The van der Waals surface area contributed by atoms with Crippen molar-refractivity contribution in [3.63, 3.8) is 0 Å². The Morgan fingerprint density at radius 2 is 1.81 bits per heavy atom. The van der Waals surface area contributed by atoms with E-state index in [1.54, 1.807) is 0 Å². The Morgan fingerprint density at radius 1 is 1.04 bits per heavy atom. The van der Waals surface area contributed by atoms with E-state index in [4.69, 9.17) is 4.74 Å². The van der Waals surface area contributed by atoms with Crippen molar-refractivity contribution in [1.29, 1.82) is 0 Å². The fraction of sp³-hybridized carbons (Fsp3) is 0.727. The van der Waals surface area contributed by atoms with E-state index in [1.165, 1.54) is 50.6 Å². The van der Waals surface area contributed by atoms with Crippen molar-refractivity contribution in [2.75, 3.05) is 44.2 Å². The number of nitrogens with zero attached hydrogens (tertiary/aromatic N) is 2. The highest BCUT2D eigenvalue weighted by atomic mass is 16.5. The minimum absolute atomic E-state index is 0.348. The molecule has 1 N–H and O–H groups in total. The van der Waals surface area contributed by atoms with Crippen molar-refractivity contribution in [3.8, 4) is 0 Å².